The van der Waals surface area contributed by atoms with E-state index in [1.165, 1.54) is 6.07 Å². The predicted octanol–water partition coefficient (Wildman–Crippen LogP) is 2.34. The molecule has 0 amide bonds. The lowest BCUT2D eigenvalue weighted by molar-refractivity contribution is -0.385. The molecule has 1 N–H and O–H groups in total. The molecule has 0 saturated carbocycles. The van der Waals surface area contributed by atoms with E-state index in [1.807, 2.05) is 16.8 Å². The maximum Gasteiger partial charge on any atom is 0.283 e. The number of hydrogen-bond donors (Lipinski definition) is 1. The summed E-state index contributed by atoms with van der Waals surface area (Å²) in [6.45, 7) is 2.16. The number of aromatic nitrogens is 2. The molecule has 0 fully saturated rings. The number of nitrogens with zero attached hydrogens (tertiary/aromatic N) is 3. The molecule has 1 aromatic heterocycles. The molecule has 1 aromatic carbocycles. The average Bonchev–Trinajstić information content (AvgIpc) is 2.89. The summed E-state index contributed by atoms with van der Waals surface area (Å²) >= 11 is 3.28. The predicted molar refractivity (Wildman–Crippen MR) is 74.7 cm³/mol. The van der Waals surface area contributed by atoms with E-state index in [2.05, 4.69) is 26.2 Å². The van der Waals surface area contributed by atoms with Crippen molar-refractivity contribution < 1.29 is 4.92 Å². The fourth-order valence-electron chi connectivity index (χ4n) is 1.69. The summed E-state index contributed by atoms with van der Waals surface area (Å²) in [5.41, 5.74) is 0.966. The molecular formula is C12H13BrN4O2. The first-order valence-electron chi connectivity index (χ1n) is 5.76. The highest BCUT2D eigenvalue weighted by Gasteiger charge is 2.14. The third-order valence-corrected chi connectivity index (χ3v) is 3.59. The Balaban J connectivity index is 1.89. The van der Waals surface area contributed by atoms with Crippen molar-refractivity contribution in [3.63, 3.8) is 0 Å². The lowest BCUT2D eigenvalue weighted by Crippen LogP contribution is -2.19. The molecule has 1 heterocycles. The first kappa shape index (κ1) is 13.7. The minimum atomic E-state index is -0.390. The Labute approximate surface area is 118 Å². The van der Waals surface area contributed by atoms with Gasteiger partial charge in [0.15, 0.2) is 0 Å². The van der Waals surface area contributed by atoms with Gasteiger partial charge in [0, 0.05) is 38.1 Å². The smallest absolute Gasteiger partial charge is 0.283 e. The Morgan fingerprint density at radius 2 is 2.32 bits per heavy atom. The van der Waals surface area contributed by atoms with Crippen LogP contribution in [0.5, 0.6) is 0 Å². The molecule has 0 aliphatic carbocycles. The number of nitrogens with one attached hydrogen (secondary N) is 1. The van der Waals surface area contributed by atoms with Crippen LogP contribution in [0.15, 0.2) is 41.4 Å². The van der Waals surface area contributed by atoms with Gasteiger partial charge in [0.1, 0.15) is 0 Å². The standard InChI is InChI=1S/C12H13BrN4O2/c13-12-10(2-1-3-11(12)17(18)19)8-14-4-6-16-7-5-15-9-16/h1-3,5,7,9,14H,4,6,8H2. The summed E-state index contributed by atoms with van der Waals surface area (Å²) in [6.07, 6.45) is 5.38. The second kappa shape index (κ2) is 6.44. The zero-order valence-electron chi connectivity index (χ0n) is 10.1. The SMILES string of the molecule is O=[N+]([O-])c1cccc(CNCCn2ccnc2)c1Br. The van der Waals surface area contributed by atoms with Crippen LogP contribution in [0.4, 0.5) is 5.69 Å². The third-order valence-electron chi connectivity index (χ3n) is 2.68. The maximum atomic E-state index is 10.8. The molecule has 100 valence electrons. The number of hydrogen-bond acceptors (Lipinski definition) is 4. The summed E-state index contributed by atoms with van der Waals surface area (Å²) in [4.78, 5) is 14.4. The Morgan fingerprint density at radius 3 is 3.00 bits per heavy atom. The minimum Gasteiger partial charge on any atom is -0.336 e. The Hall–Kier alpha value is -1.73. The van der Waals surface area contributed by atoms with Crippen molar-refractivity contribution in [2.45, 2.75) is 13.1 Å². The van der Waals surface area contributed by atoms with Crippen molar-refractivity contribution in [1.29, 1.82) is 0 Å². The first-order valence-corrected chi connectivity index (χ1v) is 6.56. The van der Waals surface area contributed by atoms with Crippen LogP contribution in [0.25, 0.3) is 0 Å². The Kier molecular flexibility index (Phi) is 4.64. The van der Waals surface area contributed by atoms with E-state index in [-0.39, 0.29) is 10.6 Å². The van der Waals surface area contributed by atoms with Crippen LogP contribution in [0.1, 0.15) is 5.56 Å². The van der Waals surface area contributed by atoms with Crippen molar-refractivity contribution in [1.82, 2.24) is 14.9 Å². The van der Waals surface area contributed by atoms with Crippen LogP contribution in [0.3, 0.4) is 0 Å². The molecule has 19 heavy (non-hydrogen) atoms. The van der Waals surface area contributed by atoms with E-state index in [0.717, 1.165) is 18.7 Å². The number of rotatable bonds is 6. The van der Waals surface area contributed by atoms with Gasteiger partial charge in [-0.3, -0.25) is 10.1 Å². The quantitative estimate of drug-likeness (QED) is 0.503. The molecule has 0 aliphatic heterocycles. The van der Waals surface area contributed by atoms with E-state index in [4.69, 9.17) is 0 Å². The molecule has 0 spiro atoms. The zero-order chi connectivity index (χ0) is 13.7. The monoisotopic (exact) mass is 324 g/mol. The van der Waals surface area contributed by atoms with Gasteiger partial charge in [0.25, 0.3) is 5.69 Å². The molecule has 0 aliphatic rings. The largest absolute Gasteiger partial charge is 0.336 e. The highest BCUT2D eigenvalue weighted by Crippen LogP contribution is 2.27. The molecular weight excluding hydrogens is 312 g/mol. The van der Waals surface area contributed by atoms with E-state index >= 15 is 0 Å². The summed E-state index contributed by atoms with van der Waals surface area (Å²) in [6, 6.07) is 5.04. The van der Waals surface area contributed by atoms with Crippen LogP contribution >= 0.6 is 15.9 Å². The van der Waals surface area contributed by atoms with E-state index in [0.29, 0.717) is 11.0 Å². The van der Waals surface area contributed by atoms with Gasteiger partial charge in [0.2, 0.25) is 0 Å². The molecule has 0 unspecified atom stereocenters. The van der Waals surface area contributed by atoms with E-state index in [1.54, 1.807) is 18.6 Å². The van der Waals surface area contributed by atoms with Crippen LogP contribution in [-0.2, 0) is 13.1 Å². The minimum absolute atomic E-state index is 0.0916. The molecule has 6 nitrogen and oxygen atoms in total. The van der Waals surface area contributed by atoms with Crippen molar-refractivity contribution in [3.05, 3.63) is 57.1 Å². The van der Waals surface area contributed by atoms with Gasteiger partial charge in [-0.2, -0.15) is 0 Å². The Bertz CT molecular complexity index is 557. The fraction of sp³-hybridized carbons (Fsp3) is 0.250. The number of nitro benzene ring substituents is 1. The molecule has 0 radical (unpaired) electrons. The number of halogens is 1. The van der Waals surface area contributed by atoms with Crippen LogP contribution in [0.2, 0.25) is 0 Å². The van der Waals surface area contributed by atoms with Crippen LogP contribution in [-0.4, -0.2) is 21.0 Å². The van der Waals surface area contributed by atoms with E-state index in [9.17, 15) is 10.1 Å². The highest BCUT2D eigenvalue weighted by molar-refractivity contribution is 9.10. The van der Waals surface area contributed by atoms with E-state index < -0.39 is 0 Å². The fourth-order valence-corrected chi connectivity index (χ4v) is 2.24. The van der Waals surface area contributed by atoms with Gasteiger partial charge in [-0.05, 0) is 21.5 Å². The van der Waals surface area contributed by atoms with Gasteiger partial charge in [-0.25, -0.2) is 4.98 Å². The molecule has 2 aromatic rings. The van der Waals surface area contributed by atoms with Gasteiger partial charge in [0.05, 0.1) is 15.7 Å². The number of imidazole rings is 1. The number of nitro groups is 1. The second-order valence-corrected chi connectivity index (χ2v) is 4.78. The van der Waals surface area contributed by atoms with Crippen LogP contribution < -0.4 is 5.32 Å². The van der Waals surface area contributed by atoms with Crippen molar-refractivity contribution in [3.8, 4) is 0 Å². The summed E-state index contributed by atoms with van der Waals surface area (Å²) < 4.78 is 2.50. The van der Waals surface area contributed by atoms with Crippen LogP contribution in [0, 0.1) is 10.1 Å². The molecule has 0 bridgehead atoms. The second-order valence-electron chi connectivity index (χ2n) is 3.98. The highest BCUT2D eigenvalue weighted by atomic mass is 79.9. The molecule has 7 heteroatoms. The third kappa shape index (κ3) is 3.62. The topological polar surface area (TPSA) is 73.0 Å². The van der Waals surface area contributed by atoms with Crippen molar-refractivity contribution in [2.75, 3.05) is 6.54 Å². The molecule has 2 rings (SSSR count). The summed E-state index contributed by atoms with van der Waals surface area (Å²) in [5.74, 6) is 0. The molecule has 0 atom stereocenters. The van der Waals surface area contributed by atoms with Gasteiger partial charge in [-0.15, -0.1) is 0 Å². The molecule has 0 saturated heterocycles. The lowest BCUT2D eigenvalue weighted by Gasteiger charge is -2.07. The summed E-state index contributed by atoms with van der Waals surface area (Å²) in [7, 11) is 0. The van der Waals surface area contributed by atoms with Gasteiger partial charge >= 0.3 is 0 Å². The zero-order valence-corrected chi connectivity index (χ0v) is 11.7. The lowest BCUT2D eigenvalue weighted by atomic mass is 10.2. The Morgan fingerprint density at radius 1 is 1.47 bits per heavy atom. The average molecular weight is 325 g/mol. The van der Waals surface area contributed by atoms with Crippen molar-refractivity contribution in [2.24, 2.45) is 0 Å². The normalized spacial score (nSPS) is 10.6. The van der Waals surface area contributed by atoms with Crippen molar-refractivity contribution >= 4 is 21.6 Å². The maximum absolute atomic E-state index is 10.8. The summed E-state index contributed by atoms with van der Waals surface area (Å²) in [5, 5.41) is 14.0. The first-order chi connectivity index (χ1) is 9.18. The number of benzene rings is 1. The van der Waals surface area contributed by atoms with Gasteiger partial charge in [-0.1, -0.05) is 12.1 Å². The van der Waals surface area contributed by atoms with Gasteiger partial charge < -0.3 is 9.88 Å².